The van der Waals surface area contributed by atoms with Crippen LogP contribution in [-0.4, -0.2) is 15.0 Å². The zero-order valence-corrected chi connectivity index (χ0v) is 11.1. The summed E-state index contributed by atoms with van der Waals surface area (Å²) in [4.78, 5) is 22.9. The van der Waals surface area contributed by atoms with E-state index in [-0.39, 0.29) is 11.0 Å². The smallest absolute Gasteiger partial charge is 0.251 e. The molecule has 19 heavy (non-hydrogen) atoms. The fourth-order valence-electron chi connectivity index (χ4n) is 1.60. The molecule has 0 aliphatic carbocycles. The van der Waals surface area contributed by atoms with Crippen LogP contribution in [0.2, 0.25) is 0 Å². The van der Waals surface area contributed by atoms with Crippen LogP contribution in [0.25, 0.3) is 11.3 Å². The van der Waals surface area contributed by atoms with Gasteiger partial charge in [0.05, 0.1) is 11.3 Å². The van der Waals surface area contributed by atoms with Crippen LogP contribution in [0.15, 0.2) is 29.3 Å². The topological polar surface area (TPSA) is 82.4 Å². The lowest BCUT2D eigenvalue weighted by Crippen LogP contribution is -2.21. The largest absolute Gasteiger partial charge is 0.310 e. The molecule has 0 bridgehead atoms. The van der Waals surface area contributed by atoms with Crippen molar-refractivity contribution in [2.75, 3.05) is 0 Å². The number of H-pyrrole nitrogens is 1. The van der Waals surface area contributed by atoms with Gasteiger partial charge in [-0.3, -0.25) is 9.78 Å². The minimum Gasteiger partial charge on any atom is -0.310 e. The number of hydrogen-bond acceptors (Lipinski definition) is 4. The van der Waals surface area contributed by atoms with Crippen molar-refractivity contribution in [1.29, 1.82) is 5.26 Å². The van der Waals surface area contributed by atoms with Gasteiger partial charge in [0.15, 0.2) is 0 Å². The molecule has 2 aromatic heterocycles. The van der Waals surface area contributed by atoms with E-state index in [1.165, 1.54) is 12.3 Å². The number of pyridine rings is 1. The summed E-state index contributed by atoms with van der Waals surface area (Å²) in [5.74, 6) is 0.609. The van der Waals surface area contributed by atoms with Gasteiger partial charge in [-0.15, -0.1) is 0 Å². The number of nitrogens with one attached hydrogen (secondary N) is 1. The number of aromatic amines is 1. The van der Waals surface area contributed by atoms with Crippen molar-refractivity contribution < 1.29 is 0 Å². The molecule has 0 unspecified atom stereocenters. The van der Waals surface area contributed by atoms with E-state index in [9.17, 15) is 4.79 Å². The molecule has 0 aliphatic rings. The van der Waals surface area contributed by atoms with Crippen LogP contribution in [0.1, 0.15) is 32.2 Å². The lowest BCUT2D eigenvalue weighted by Gasteiger charge is -2.17. The SMILES string of the molecule is CC(C)(C)c1nc(-c2cncc(C#N)c2)cc(=O)[nH]1. The molecule has 0 spiro atoms. The Morgan fingerprint density at radius 3 is 2.63 bits per heavy atom. The minimum atomic E-state index is -0.255. The summed E-state index contributed by atoms with van der Waals surface area (Å²) >= 11 is 0. The summed E-state index contributed by atoms with van der Waals surface area (Å²) in [6, 6.07) is 5.10. The van der Waals surface area contributed by atoms with E-state index < -0.39 is 0 Å². The maximum Gasteiger partial charge on any atom is 0.251 e. The Bertz CT molecular complexity index is 704. The molecule has 5 heteroatoms. The van der Waals surface area contributed by atoms with Crippen molar-refractivity contribution in [2.45, 2.75) is 26.2 Å². The van der Waals surface area contributed by atoms with Gasteiger partial charge in [0, 0.05) is 29.4 Å². The average molecular weight is 254 g/mol. The summed E-state index contributed by atoms with van der Waals surface area (Å²) < 4.78 is 0. The molecular weight excluding hydrogens is 240 g/mol. The summed E-state index contributed by atoms with van der Waals surface area (Å²) in [6.07, 6.45) is 3.07. The van der Waals surface area contributed by atoms with Crippen LogP contribution in [0.5, 0.6) is 0 Å². The van der Waals surface area contributed by atoms with Gasteiger partial charge in [0.2, 0.25) is 0 Å². The maximum absolute atomic E-state index is 11.7. The van der Waals surface area contributed by atoms with Crippen molar-refractivity contribution in [3.05, 3.63) is 46.3 Å². The minimum absolute atomic E-state index is 0.211. The van der Waals surface area contributed by atoms with E-state index in [1.807, 2.05) is 26.8 Å². The second kappa shape index (κ2) is 4.65. The molecular formula is C14H14N4O. The van der Waals surface area contributed by atoms with Crippen LogP contribution in [0, 0.1) is 11.3 Å². The molecule has 2 aromatic rings. The van der Waals surface area contributed by atoms with E-state index >= 15 is 0 Å². The second-order valence-corrected chi connectivity index (χ2v) is 5.30. The van der Waals surface area contributed by atoms with Gasteiger partial charge >= 0.3 is 0 Å². The number of hydrogen-bond donors (Lipinski definition) is 1. The van der Waals surface area contributed by atoms with Crippen molar-refractivity contribution in [2.24, 2.45) is 0 Å². The molecule has 5 nitrogen and oxygen atoms in total. The quantitative estimate of drug-likeness (QED) is 0.843. The number of aromatic nitrogens is 3. The van der Waals surface area contributed by atoms with Crippen LogP contribution < -0.4 is 5.56 Å². The van der Waals surface area contributed by atoms with Gasteiger partial charge in [-0.25, -0.2) is 4.98 Å². The highest BCUT2D eigenvalue weighted by atomic mass is 16.1. The summed E-state index contributed by atoms with van der Waals surface area (Å²) in [5, 5.41) is 8.87. The molecule has 0 aliphatic heterocycles. The van der Waals surface area contributed by atoms with E-state index in [4.69, 9.17) is 5.26 Å². The average Bonchev–Trinajstić information content (AvgIpc) is 2.37. The van der Waals surface area contributed by atoms with Gasteiger partial charge in [0.1, 0.15) is 11.9 Å². The molecule has 2 heterocycles. The van der Waals surface area contributed by atoms with Gasteiger partial charge in [0.25, 0.3) is 5.56 Å². The van der Waals surface area contributed by atoms with Crippen LogP contribution in [0.3, 0.4) is 0 Å². The van der Waals surface area contributed by atoms with Gasteiger partial charge < -0.3 is 4.98 Å². The number of nitriles is 1. The van der Waals surface area contributed by atoms with Crippen LogP contribution in [-0.2, 0) is 5.41 Å². The van der Waals surface area contributed by atoms with Gasteiger partial charge in [-0.1, -0.05) is 20.8 Å². The van der Waals surface area contributed by atoms with E-state index in [1.54, 1.807) is 12.3 Å². The first-order valence-electron chi connectivity index (χ1n) is 5.87. The highest BCUT2D eigenvalue weighted by Gasteiger charge is 2.18. The standard InChI is InChI=1S/C14H14N4O/c1-14(2,3)13-17-11(5-12(19)18-13)10-4-9(6-15)7-16-8-10/h4-5,7-8H,1-3H3,(H,17,18,19). The number of rotatable bonds is 1. The zero-order chi connectivity index (χ0) is 14.0. The second-order valence-electron chi connectivity index (χ2n) is 5.30. The van der Waals surface area contributed by atoms with Gasteiger partial charge in [-0.05, 0) is 6.07 Å². The van der Waals surface area contributed by atoms with E-state index in [2.05, 4.69) is 15.0 Å². The predicted molar refractivity (Wildman–Crippen MR) is 71.5 cm³/mol. The van der Waals surface area contributed by atoms with Crippen LogP contribution in [0.4, 0.5) is 0 Å². The summed E-state index contributed by atoms with van der Waals surface area (Å²) in [7, 11) is 0. The molecule has 0 atom stereocenters. The first-order chi connectivity index (χ1) is 8.90. The lowest BCUT2D eigenvalue weighted by atomic mass is 9.95. The molecule has 0 fully saturated rings. The summed E-state index contributed by atoms with van der Waals surface area (Å²) in [5.41, 5.74) is 1.17. The van der Waals surface area contributed by atoms with Crippen molar-refractivity contribution in [3.63, 3.8) is 0 Å². The Labute approximate surface area is 111 Å². The number of nitrogens with zero attached hydrogens (tertiary/aromatic N) is 3. The molecule has 0 saturated carbocycles. The third-order valence-corrected chi connectivity index (χ3v) is 2.62. The lowest BCUT2D eigenvalue weighted by molar-refractivity contribution is 0.543. The molecule has 96 valence electrons. The monoisotopic (exact) mass is 254 g/mol. The highest BCUT2D eigenvalue weighted by Crippen LogP contribution is 2.21. The molecule has 2 rings (SSSR count). The van der Waals surface area contributed by atoms with Gasteiger partial charge in [-0.2, -0.15) is 5.26 Å². The molecule has 1 N–H and O–H groups in total. The Balaban J connectivity index is 2.60. The third-order valence-electron chi connectivity index (χ3n) is 2.62. The third kappa shape index (κ3) is 2.86. The van der Waals surface area contributed by atoms with Crippen molar-refractivity contribution in [1.82, 2.24) is 15.0 Å². The summed E-state index contributed by atoms with van der Waals surface area (Å²) in [6.45, 7) is 5.91. The molecule has 0 radical (unpaired) electrons. The zero-order valence-electron chi connectivity index (χ0n) is 11.1. The maximum atomic E-state index is 11.7. The van der Waals surface area contributed by atoms with Crippen molar-refractivity contribution >= 4 is 0 Å². The fourth-order valence-corrected chi connectivity index (χ4v) is 1.60. The van der Waals surface area contributed by atoms with E-state index in [0.717, 1.165) is 0 Å². The first kappa shape index (κ1) is 13.0. The van der Waals surface area contributed by atoms with E-state index in [0.29, 0.717) is 22.6 Å². The van der Waals surface area contributed by atoms with Crippen molar-refractivity contribution in [3.8, 4) is 17.3 Å². The molecule has 0 saturated heterocycles. The highest BCUT2D eigenvalue weighted by molar-refractivity contribution is 5.59. The Morgan fingerprint density at radius 2 is 2.00 bits per heavy atom. The van der Waals surface area contributed by atoms with Crippen LogP contribution >= 0.6 is 0 Å². The fraction of sp³-hybridized carbons (Fsp3) is 0.286. The molecule has 0 aromatic carbocycles. The normalized spacial score (nSPS) is 11.1. The Hall–Kier alpha value is -2.48. The first-order valence-corrected chi connectivity index (χ1v) is 5.87. The predicted octanol–water partition coefficient (Wildman–Crippen LogP) is 2.00. The Kier molecular flexibility index (Phi) is 3.17. The Morgan fingerprint density at radius 1 is 1.26 bits per heavy atom. The molecule has 0 amide bonds.